The Kier molecular flexibility index (Phi) is 5.16. The van der Waals surface area contributed by atoms with Gasteiger partial charge in [-0.2, -0.15) is 5.26 Å². The highest BCUT2D eigenvalue weighted by atomic mass is 32.1. The molecule has 0 radical (unpaired) electrons. The molecule has 0 aliphatic heterocycles. The Morgan fingerprint density at radius 1 is 1.38 bits per heavy atom. The largest absolute Gasteiger partial charge is 0.469 e. The van der Waals surface area contributed by atoms with Crippen LogP contribution in [0, 0.1) is 24.1 Å². The topological polar surface area (TPSA) is 63.0 Å². The monoisotopic (exact) mass is 406 g/mol. The van der Waals surface area contributed by atoms with Crippen molar-refractivity contribution in [1.29, 1.82) is 5.26 Å². The Bertz CT molecular complexity index is 1150. The van der Waals surface area contributed by atoms with E-state index in [0.717, 1.165) is 33.9 Å². The minimum atomic E-state index is -0.517. The number of carbonyl (C=O) groups is 1. The normalized spacial score (nSPS) is 15.0. The third-order valence-corrected chi connectivity index (χ3v) is 6.65. The van der Waals surface area contributed by atoms with Crippen LogP contribution in [0.5, 0.6) is 0 Å². The maximum Gasteiger partial charge on any atom is 0.306 e. The number of halogens is 1. The third kappa shape index (κ3) is 3.54. The fourth-order valence-electron chi connectivity index (χ4n) is 3.99. The third-order valence-electron chi connectivity index (χ3n) is 5.57. The van der Waals surface area contributed by atoms with Crippen molar-refractivity contribution in [2.75, 3.05) is 7.11 Å². The van der Waals surface area contributed by atoms with Crippen LogP contribution in [0.25, 0.3) is 21.0 Å². The number of esters is 1. The van der Waals surface area contributed by atoms with Gasteiger partial charge < -0.3 is 4.74 Å². The van der Waals surface area contributed by atoms with E-state index in [1.54, 1.807) is 18.3 Å². The highest BCUT2D eigenvalue weighted by molar-refractivity contribution is 7.18. The van der Waals surface area contributed by atoms with Crippen molar-refractivity contribution in [3.63, 3.8) is 0 Å². The van der Waals surface area contributed by atoms with E-state index in [2.05, 4.69) is 24.0 Å². The summed E-state index contributed by atoms with van der Waals surface area (Å²) in [7, 11) is 1.42. The van der Waals surface area contributed by atoms with Gasteiger partial charge in [0.2, 0.25) is 0 Å². The van der Waals surface area contributed by atoms with E-state index in [-0.39, 0.29) is 17.5 Å². The zero-order valence-electron chi connectivity index (χ0n) is 16.2. The minimum Gasteiger partial charge on any atom is -0.469 e. The van der Waals surface area contributed by atoms with Crippen LogP contribution in [0.1, 0.15) is 41.0 Å². The lowest BCUT2D eigenvalue weighted by Gasteiger charge is -2.13. The Hall–Kier alpha value is -3.04. The number of ether oxygens (including phenoxy) is 1. The van der Waals surface area contributed by atoms with Gasteiger partial charge in [-0.15, -0.1) is 11.3 Å². The number of nitrogens with zero attached hydrogens (tertiary/aromatic N) is 2. The Labute approximate surface area is 172 Å². The van der Waals surface area contributed by atoms with Crippen LogP contribution < -0.4 is 0 Å². The van der Waals surface area contributed by atoms with Gasteiger partial charge in [-0.3, -0.25) is 4.79 Å². The van der Waals surface area contributed by atoms with E-state index in [0.29, 0.717) is 6.42 Å². The molecule has 2 aromatic carbocycles. The van der Waals surface area contributed by atoms with Gasteiger partial charge in [-0.1, -0.05) is 18.2 Å². The summed E-state index contributed by atoms with van der Waals surface area (Å²) in [5.41, 5.74) is 5.59. The van der Waals surface area contributed by atoms with Gasteiger partial charge in [0, 0.05) is 11.8 Å². The summed E-state index contributed by atoms with van der Waals surface area (Å²) in [6.07, 6.45) is 4.07. The number of carbonyl (C=O) groups excluding carboxylic acids is 1. The SMILES string of the molecule is COC(=O)C[C@H]1CCc2c1ccc(-c1ncc(-c3ccc(F)c(C#N)c3)s1)c2C. The molecule has 6 heteroatoms. The van der Waals surface area contributed by atoms with E-state index in [9.17, 15) is 9.18 Å². The van der Waals surface area contributed by atoms with Gasteiger partial charge >= 0.3 is 5.97 Å². The van der Waals surface area contributed by atoms with Crippen LogP contribution in [-0.2, 0) is 16.0 Å². The predicted molar refractivity (Wildman–Crippen MR) is 110 cm³/mol. The summed E-state index contributed by atoms with van der Waals surface area (Å²) < 4.78 is 18.4. The Morgan fingerprint density at radius 3 is 2.97 bits per heavy atom. The van der Waals surface area contributed by atoms with Crippen molar-refractivity contribution in [2.24, 2.45) is 0 Å². The van der Waals surface area contributed by atoms with Gasteiger partial charge in [0.25, 0.3) is 0 Å². The van der Waals surface area contributed by atoms with Gasteiger partial charge in [0.1, 0.15) is 16.9 Å². The fraction of sp³-hybridized carbons (Fsp3) is 0.261. The first-order valence-corrected chi connectivity index (χ1v) is 10.2. The summed E-state index contributed by atoms with van der Waals surface area (Å²) in [5.74, 6) is -0.484. The summed E-state index contributed by atoms with van der Waals surface area (Å²) >= 11 is 1.52. The second-order valence-electron chi connectivity index (χ2n) is 7.16. The predicted octanol–water partition coefficient (Wildman–Crippen LogP) is 5.39. The number of hydrogen-bond acceptors (Lipinski definition) is 5. The van der Waals surface area contributed by atoms with Crippen molar-refractivity contribution in [3.05, 3.63) is 64.6 Å². The maximum atomic E-state index is 13.6. The molecule has 1 aromatic heterocycles. The van der Waals surface area contributed by atoms with Crippen molar-refractivity contribution >= 4 is 17.3 Å². The maximum absolute atomic E-state index is 13.6. The molecule has 146 valence electrons. The molecule has 0 unspecified atom stereocenters. The van der Waals surface area contributed by atoms with Crippen molar-refractivity contribution in [1.82, 2.24) is 4.98 Å². The number of thiazole rings is 1. The van der Waals surface area contributed by atoms with Gasteiger partial charge in [0.15, 0.2) is 0 Å². The van der Waals surface area contributed by atoms with Crippen LogP contribution in [-0.4, -0.2) is 18.1 Å². The molecule has 1 heterocycles. The van der Waals surface area contributed by atoms with Gasteiger partial charge in [-0.25, -0.2) is 9.37 Å². The van der Waals surface area contributed by atoms with Crippen LogP contribution in [0.4, 0.5) is 4.39 Å². The molecule has 0 saturated heterocycles. The number of hydrogen-bond donors (Lipinski definition) is 0. The first-order valence-electron chi connectivity index (χ1n) is 9.37. The lowest BCUT2D eigenvalue weighted by molar-refractivity contribution is -0.141. The number of methoxy groups -OCH3 is 1. The Balaban J connectivity index is 1.66. The zero-order chi connectivity index (χ0) is 20.5. The Morgan fingerprint density at radius 2 is 2.21 bits per heavy atom. The van der Waals surface area contributed by atoms with Crippen LogP contribution in [0.2, 0.25) is 0 Å². The summed E-state index contributed by atoms with van der Waals surface area (Å²) in [4.78, 5) is 17.1. The summed E-state index contributed by atoms with van der Waals surface area (Å²) in [5, 5.41) is 9.95. The summed E-state index contributed by atoms with van der Waals surface area (Å²) in [6.45, 7) is 2.10. The van der Waals surface area contributed by atoms with Crippen LogP contribution in [0.15, 0.2) is 36.5 Å². The van der Waals surface area contributed by atoms with Crippen molar-refractivity contribution in [3.8, 4) is 27.1 Å². The highest BCUT2D eigenvalue weighted by Crippen LogP contribution is 2.42. The lowest BCUT2D eigenvalue weighted by Crippen LogP contribution is -2.06. The molecule has 1 atom stereocenters. The van der Waals surface area contributed by atoms with E-state index in [1.165, 1.54) is 41.2 Å². The highest BCUT2D eigenvalue weighted by Gasteiger charge is 2.27. The smallest absolute Gasteiger partial charge is 0.306 e. The first-order chi connectivity index (χ1) is 14.0. The van der Waals surface area contributed by atoms with Crippen molar-refractivity contribution in [2.45, 2.75) is 32.1 Å². The molecule has 29 heavy (non-hydrogen) atoms. The summed E-state index contributed by atoms with van der Waals surface area (Å²) in [6, 6.07) is 10.6. The second kappa shape index (κ2) is 7.76. The van der Waals surface area contributed by atoms with Crippen LogP contribution in [0.3, 0.4) is 0 Å². The molecule has 4 rings (SSSR count). The van der Waals surface area contributed by atoms with Crippen molar-refractivity contribution < 1.29 is 13.9 Å². The second-order valence-corrected chi connectivity index (χ2v) is 8.19. The molecule has 0 spiro atoms. The number of nitriles is 1. The number of benzene rings is 2. The van der Waals surface area contributed by atoms with Gasteiger partial charge in [-0.05, 0) is 60.1 Å². The molecule has 4 nitrogen and oxygen atoms in total. The van der Waals surface area contributed by atoms with Crippen LogP contribution >= 0.6 is 11.3 Å². The average Bonchev–Trinajstić information content (AvgIpc) is 3.37. The van der Waals surface area contributed by atoms with E-state index in [1.807, 2.05) is 6.07 Å². The standard InChI is InChI=1S/C23H19FN2O2S/c1-13-17-5-3-14(10-22(27)28-2)19(17)7-6-18(13)23-26-12-21(29-23)15-4-8-20(24)16(9-15)11-25/h4,6-9,12,14H,3,5,10H2,1-2H3/t14-/m1/s1. The molecule has 0 amide bonds. The number of rotatable bonds is 4. The van der Waals surface area contributed by atoms with E-state index < -0.39 is 5.82 Å². The molecule has 1 aliphatic rings. The number of fused-ring (bicyclic) bond motifs is 1. The molecular formula is C23H19FN2O2S. The molecule has 0 bridgehead atoms. The lowest BCUT2D eigenvalue weighted by atomic mass is 9.94. The average molecular weight is 406 g/mol. The van der Waals surface area contributed by atoms with E-state index >= 15 is 0 Å². The van der Waals surface area contributed by atoms with Gasteiger partial charge in [0.05, 0.1) is 24.0 Å². The molecule has 3 aromatic rings. The quantitative estimate of drug-likeness (QED) is 0.545. The molecule has 1 aliphatic carbocycles. The molecule has 0 N–H and O–H groups in total. The zero-order valence-corrected chi connectivity index (χ0v) is 17.0. The molecule has 0 saturated carbocycles. The molecular weight excluding hydrogens is 387 g/mol. The fourth-order valence-corrected chi connectivity index (χ4v) is 4.99. The minimum absolute atomic E-state index is 0.0304. The first kappa shape index (κ1) is 19.3. The number of aromatic nitrogens is 1. The molecule has 0 fully saturated rings. The van der Waals surface area contributed by atoms with E-state index in [4.69, 9.17) is 10.00 Å².